The molecule has 3 nitrogen and oxygen atoms in total. The first-order valence-electron chi connectivity index (χ1n) is 8.70. The first-order chi connectivity index (χ1) is 13.2. The Labute approximate surface area is 171 Å². The number of hydrogen-bond donors (Lipinski definition) is 0. The Morgan fingerprint density at radius 3 is 2.57 bits per heavy atom. The van der Waals surface area contributed by atoms with Gasteiger partial charge in [-0.1, -0.05) is 35.3 Å². The molecule has 1 unspecified atom stereocenters. The van der Waals surface area contributed by atoms with Crippen LogP contribution in [0.15, 0.2) is 36.4 Å². The Balaban J connectivity index is 2.00. The van der Waals surface area contributed by atoms with E-state index in [1.54, 1.807) is 24.3 Å². The average molecular weight is 428 g/mol. The second-order valence-corrected chi connectivity index (χ2v) is 7.67. The molecule has 2 aromatic carbocycles. The first-order valence-corrected chi connectivity index (χ1v) is 9.45. The van der Waals surface area contributed by atoms with Crippen LogP contribution in [0.4, 0.5) is 18.9 Å². The minimum atomic E-state index is -4.51. The monoisotopic (exact) mass is 427 g/mol. The summed E-state index contributed by atoms with van der Waals surface area (Å²) < 4.78 is 39.7. The van der Waals surface area contributed by atoms with E-state index in [1.807, 2.05) is 18.0 Å². The summed E-state index contributed by atoms with van der Waals surface area (Å²) in [5, 5.41) is 9.12. The maximum Gasteiger partial charge on any atom is 0.417 e. The van der Waals surface area contributed by atoms with E-state index >= 15 is 0 Å². The Hall–Kier alpha value is -1.94. The molecule has 148 valence electrons. The van der Waals surface area contributed by atoms with Crippen molar-refractivity contribution in [3.05, 3.63) is 63.1 Å². The van der Waals surface area contributed by atoms with E-state index in [-0.39, 0.29) is 17.6 Å². The van der Waals surface area contributed by atoms with Crippen molar-refractivity contribution in [1.29, 1.82) is 5.26 Å². The number of nitrogens with zero attached hydrogens (tertiary/aromatic N) is 3. The zero-order valence-electron chi connectivity index (χ0n) is 15.1. The van der Waals surface area contributed by atoms with Crippen molar-refractivity contribution in [3.8, 4) is 6.07 Å². The number of likely N-dealkylation sites (tertiary alicyclic amines) is 1. The third kappa shape index (κ3) is 4.38. The lowest BCUT2D eigenvalue weighted by Crippen LogP contribution is -2.37. The highest BCUT2D eigenvalue weighted by atomic mass is 35.5. The van der Waals surface area contributed by atoms with Crippen molar-refractivity contribution in [3.63, 3.8) is 0 Å². The maximum absolute atomic E-state index is 13.2. The number of benzene rings is 2. The summed E-state index contributed by atoms with van der Waals surface area (Å²) in [7, 11) is 2.00. The molecule has 1 atom stereocenters. The van der Waals surface area contributed by atoms with E-state index in [0.29, 0.717) is 16.1 Å². The lowest BCUT2D eigenvalue weighted by Gasteiger charge is -2.32. The predicted octanol–water partition coefficient (Wildman–Crippen LogP) is 5.59. The van der Waals surface area contributed by atoms with Crippen molar-refractivity contribution in [1.82, 2.24) is 4.90 Å². The van der Waals surface area contributed by atoms with Crippen LogP contribution in [-0.2, 0) is 12.7 Å². The zero-order chi connectivity index (χ0) is 20.5. The van der Waals surface area contributed by atoms with Gasteiger partial charge in [0.2, 0.25) is 0 Å². The number of halogens is 5. The molecular weight excluding hydrogens is 410 g/mol. The summed E-state index contributed by atoms with van der Waals surface area (Å²) in [4.78, 5) is 4.18. The molecule has 0 saturated carbocycles. The molecule has 0 aliphatic carbocycles. The third-order valence-corrected chi connectivity index (χ3v) is 5.70. The number of hydrogen-bond acceptors (Lipinski definition) is 3. The van der Waals surface area contributed by atoms with Crippen molar-refractivity contribution in [2.45, 2.75) is 25.2 Å². The molecular formula is C20H18Cl2F3N3. The van der Waals surface area contributed by atoms with Crippen LogP contribution in [-0.4, -0.2) is 31.1 Å². The highest BCUT2D eigenvalue weighted by molar-refractivity contribution is 6.32. The normalized spacial score (nSPS) is 17.5. The number of anilines is 1. The van der Waals surface area contributed by atoms with Crippen LogP contribution in [0.25, 0.3) is 0 Å². The molecule has 1 fully saturated rings. The van der Waals surface area contributed by atoms with Gasteiger partial charge in [-0.05, 0) is 49.8 Å². The van der Waals surface area contributed by atoms with Gasteiger partial charge < -0.3 is 9.80 Å². The van der Waals surface area contributed by atoms with Crippen LogP contribution in [0.5, 0.6) is 0 Å². The van der Waals surface area contributed by atoms with E-state index < -0.39 is 11.7 Å². The summed E-state index contributed by atoms with van der Waals surface area (Å²) in [6.45, 7) is 1.87. The van der Waals surface area contributed by atoms with Gasteiger partial charge in [-0.15, -0.1) is 0 Å². The topological polar surface area (TPSA) is 30.3 Å². The second kappa shape index (κ2) is 8.20. The smallest absolute Gasteiger partial charge is 0.363 e. The standard InChI is InChI=1S/C20H18Cl2F3N3/c1-27-8-7-16(12-27)28(15-6-5-13(10-26)18(21)9-15)11-14-3-2-4-17(19(14)22)20(23,24)25/h2-6,9,16H,7-8,11-12H2,1H3. The van der Waals surface area contributed by atoms with Crippen LogP contribution in [0.3, 0.4) is 0 Å². The zero-order valence-corrected chi connectivity index (χ0v) is 16.6. The van der Waals surface area contributed by atoms with E-state index in [4.69, 9.17) is 28.5 Å². The fourth-order valence-corrected chi connectivity index (χ4v) is 3.98. The van der Waals surface area contributed by atoms with Gasteiger partial charge in [-0.3, -0.25) is 0 Å². The number of likely N-dealkylation sites (N-methyl/N-ethyl adjacent to an activating group) is 1. The van der Waals surface area contributed by atoms with Gasteiger partial charge in [0.1, 0.15) is 6.07 Å². The minimum Gasteiger partial charge on any atom is -0.363 e. The van der Waals surface area contributed by atoms with Gasteiger partial charge in [0.15, 0.2) is 0 Å². The molecule has 0 aromatic heterocycles. The number of alkyl halides is 3. The Bertz CT molecular complexity index is 909. The Morgan fingerprint density at radius 1 is 1.25 bits per heavy atom. The van der Waals surface area contributed by atoms with Crippen molar-refractivity contribution in [2.75, 3.05) is 25.0 Å². The van der Waals surface area contributed by atoms with E-state index in [9.17, 15) is 13.2 Å². The van der Waals surface area contributed by atoms with Crippen LogP contribution in [0, 0.1) is 11.3 Å². The molecule has 0 radical (unpaired) electrons. The summed E-state index contributed by atoms with van der Waals surface area (Å²) in [5.74, 6) is 0. The molecule has 8 heteroatoms. The molecule has 3 rings (SSSR count). The molecule has 1 aliphatic rings. The van der Waals surface area contributed by atoms with Crippen LogP contribution in [0.2, 0.25) is 10.0 Å². The van der Waals surface area contributed by atoms with E-state index in [0.717, 1.165) is 31.3 Å². The van der Waals surface area contributed by atoms with Gasteiger partial charge in [-0.2, -0.15) is 18.4 Å². The van der Waals surface area contributed by atoms with Crippen LogP contribution >= 0.6 is 23.2 Å². The van der Waals surface area contributed by atoms with Gasteiger partial charge in [0, 0.05) is 24.8 Å². The molecule has 2 aromatic rings. The fourth-order valence-electron chi connectivity index (χ4n) is 3.48. The molecule has 28 heavy (non-hydrogen) atoms. The maximum atomic E-state index is 13.2. The Kier molecular flexibility index (Phi) is 6.09. The average Bonchev–Trinajstić information content (AvgIpc) is 3.06. The molecule has 1 aliphatic heterocycles. The van der Waals surface area contributed by atoms with Crippen molar-refractivity contribution >= 4 is 28.9 Å². The Morgan fingerprint density at radius 2 is 2.00 bits per heavy atom. The molecule has 0 amide bonds. The van der Waals surface area contributed by atoms with Gasteiger partial charge >= 0.3 is 6.18 Å². The highest BCUT2D eigenvalue weighted by Gasteiger charge is 2.34. The summed E-state index contributed by atoms with van der Waals surface area (Å²) in [6.07, 6.45) is -3.64. The van der Waals surface area contributed by atoms with E-state index in [1.165, 1.54) is 6.07 Å². The molecule has 0 spiro atoms. The molecule has 0 N–H and O–H groups in total. The van der Waals surface area contributed by atoms with Gasteiger partial charge in [0.05, 0.1) is 21.2 Å². The molecule has 1 saturated heterocycles. The summed E-state index contributed by atoms with van der Waals surface area (Å²) in [6, 6.07) is 11.1. The van der Waals surface area contributed by atoms with Crippen molar-refractivity contribution in [2.24, 2.45) is 0 Å². The predicted molar refractivity (Wildman–Crippen MR) is 105 cm³/mol. The van der Waals surface area contributed by atoms with Gasteiger partial charge in [0.25, 0.3) is 0 Å². The minimum absolute atomic E-state index is 0.0969. The van der Waals surface area contributed by atoms with Gasteiger partial charge in [-0.25, -0.2) is 0 Å². The summed E-state index contributed by atoms with van der Waals surface area (Å²) >= 11 is 12.3. The van der Waals surface area contributed by atoms with Crippen molar-refractivity contribution < 1.29 is 13.2 Å². The highest BCUT2D eigenvalue weighted by Crippen LogP contribution is 2.37. The largest absolute Gasteiger partial charge is 0.417 e. The van der Waals surface area contributed by atoms with E-state index in [2.05, 4.69) is 4.90 Å². The lowest BCUT2D eigenvalue weighted by molar-refractivity contribution is -0.137. The SMILES string of the molecule is CN1CCC(N(Cc2cccc(C(F)(F)F)c2Cl)c2ccc(C#N)c(Cl)c2)C1. The van der Waals surface area contributed by atoms with Crippen LogP contribution in [0.1, 0.15) is 23.1 Å². The second-order valence-electron chi connectivity index (χ2n) is 6.89. The third-order valence-electron chi connectivity index (χ3n) is 4.94. The molecule has 0 bridgehead atoms. The lowest BCUT2D eigenvalue weighted by atomic mass is 10.1. The number of rotatable bonds is 4. The van der Waals surface area contributed by atoms with Crippen LogP contribution < -0.4 is 4.90 Å². The molecule has 1 heterocycles. The first kappa shape index (κ1) is 20.8. The number of nitriles is 1. The quantitative estimate of drug-likeness (QED) is 0.636. The fraction of sp³-hybridized carbons (Fsp3) is 0.350. The summed E-state index contributed by atoms with van der Waals surface area (Å²) in [5.41, 5.74) is 0.656.